The first-order chi connectivity index (χ1) is 24.9. The molecule has 3 aromatic carbocycles. The predicted octanol–water partition coefficient (Wildman–Crippen LogP) is 7.98. The summed E-state index contributed by atoms with van der Waals surface area (Å²) in [6.07, 6.45) is 8.72. The summed E-state index contributed by atoms with van der Waals surface area (Å²) in [7, 11) is 1.83. The van der Waals surface area contributed by atoms with Gasteiger partial charge in [-0.1, -0.05) is 81.4 Å². The minimum absolute atomic E-state index is 0.0587. The highest BCUT2D eigenvalue weighted by atomic mass is 32.2. The third-order valence-electron chi connectivity index (χ3n) is 14.8. The minimum atomic E-state index is -1.98. The zero-order valence-corrected chi connectivity index (χ0v) is 32.3. The summed E-state index contributed by atoms with van der Waals surface area (Å²) in [4.78, 5) is 2.82. The lowest BCUT2D eigenvalue weighted by molar-refractivity contribution is -0.312. The van der Waals surface area contributed by atoms with Crippen LogP contribution in [0.5, 0.6) is 11.5 Å². The molecule has 3 aromatic rings. The Kier molecular flexibility index (Phi) is 8.33. The molecule has 1 saturated heterocycles. The summed E-state index contributed by atoms with van der Waals surface area (Å²) in [5.74, 6) is 1.90. The Bertz CT molecular complexity index is 1850. The Labute approximate surface area is 312 Å². The van der Waals surface area contributed by atoms with Crippen molar-refractivity contribution in [1.82, 2.24) is 4.90 Å². The highest BCUT2D eigenvalue weighted by Crippen LogP contribution is 2.78. The number of ether oxygens (including phenoxy) is 2. The molecule has 0 amide bonds. The van der Waals surface area contributed by atoms with Gasteiger partial charge in [0.15, 0.2) is 11.5 Å². The van der Waals surface area contributed by atoms with Crippen molar-refractivity contribution in [2.24, 2.45) is 22.7 Å². The molecule has 7 nitrogen and oxygen atoms in total. The van der Waals surface area contributed by atoms with E-state index in [1.807, 2.05) is 26.2 Å². The van der Waals surface area contributed by atoms with Crippen LogP contribution < -0.4 is 8.92 Å². The van der Waals surface area contributed by atoms with Gasteiger partial charge in [0.1, 0.15) is 11.7 Å². The number of hydrogen-bond donors (Lipinski definition) is 1. The lowest BCUT2D eigenvalue weighted by Crippen LogP contribution is -2.83. The molecule has 8 unspecified atom stereocenters. The maximum absolute atomic E-state index is 13.4. The van der Waals surface area contributed by atoms with Gasteiger partial charge < -0.3 is 18.8 Å². The second-order valence-corrected chi connectivity index (χ2v) is 18.9. The van der Waals surface area contributed by atoms with Crippen molar-refractivity contribution in [2.45, 2.75) is 114 Å². The second kappa shape index (κ2) is 12.4. The van der Waals surface area contributed by atoms with Crippen LogP contribution in [0.4, 0.5) is 0 Å². The zero-order valence-electron chi connectivity index (χ0n) is 31.5. The fraction of sp³-hybridized carbons (Fsp3) is 0.591. The van der Waals surface area contributed by atoms with Crippen LogP contribution in [-0.4, -0.2) is 64.4 Å². The first-order valence-corrected chi connectivity index (χ1v) is 20.7. The molecule has 7 aliphatic rings. The lowest BCUT2D eigenvalue weighted by atomic mass is 9.33. The number of hydrogen-bond acceptors (Lipinski definition) is 7. The van der Waals surface area contributed by atoms with Crippen molar-refractivity contribution in [3.8, 4) is 22.6 Å². The van der Waals surface area contributed by atoms with Crippen LogP contribution >= 0.6 is 0 Å². The van der Waals surface area contributed by atoms with E-state index < -0.39 is 22.6 Å². The smallest absolute Gasteiger partial charge is 0.360 e. The van der Waals surface area contributed by atoms with Crippen LogP contribution in [0.1, 0.15) is 89.3 Å². The van der Waals surface area contributed by atoms with Gasteiger partial charge in [-0.05, 0) is 111 Å². The largest absolute Gasteiger partial charge is 0.482 e. The Balaban J connectivity index is 0.978. The van der Waals surface area contributed by atoms with E-state index in [1.54, 1.807) is 0 Å². The maximum atomic E-state index is 13.4. The Morgan fingerprint density at radius 1 is 0.962 bits per heavy atom. The van der Waals surface area contributed by atoms with E-state index in [0.29, 0.717) is 18.4 Å². The third-order valence-corrected chi connectivity index (χ3v) is 15.5. The van der Waals surface area contributed by atoms with E-state index >= 15 is 0 Å². The Morgan fingerprint density at radius 2 is 1.71 bits per heavy atom. The Morgan fingerprint density at radius 3 is 2.42 bits per heavy atom. The second-order valence-electron chi connectivity index (χ2n) is 18.0. The third kappa shape index (κ3) is 5.07. The highest BCUT2D eigenvalue weighted by molar-refractivity contribution is 7.75. The molecular weight excluding hydrogens is 671 g/mol. The van der Waals surface area contributed by atoms with Gasteiger partial charge in [-0.25, -0.2) is 0 Å². The van der Waals surface area contributed by atoms with Crippen molar-refractivity contribution in [2.75, 3.05) is 26.8 Å². The topological polar surface area (TPSA) is 77.5 Å². The standard InChI is InChI=1S/C44H55NO6S/c1-40(2,3)41(4,46)35-27-42-21-22-44(35,48-5)39-43(42)23-24-45(28-30-13-14-30)36(42)26-33-19-20-34(38(50-39)37(33)43)51-52(47)49-25-9-10-29-15-17-32(18-16-29)31-11-7-6-8-12-31/h6-8,11-12,15-20,30,35-36,39,46H,9-10,13-14,21-28H2,1-5H3. The molecule has 5 aliphatic carbocycles. The normalized spacial score (nSPS) is 33.2. The summed E-state index contributed by atoms with van der Waals surface area (Å²) in [6, 6.07) is 23.5. The number of likely N-dealkylation sites (tertiary alicyclic amines) is 1. The molecule has 4 saturated carbocycles. The quantitative estimate of drug-likeness (QED) is 0.190. The van der Waals surface area contributed by atoms with Crippen LogP contribution in [0, 0.1) is 22.7 Å². The number of rotatable bonds is 12. The van der Waals surface area contributed by atoms with E-state index in [0.717, 1.165) is 63.2 Å². The summed E-state index contributed by atoms with van der Waals surface area (Å²) in [5, 5.41) is 12.5. The van der Waals surface area contributed by atoms with Crippen LogP contribution in [-0.2, 0) is 38.5 Å². The van der Waals surface area contributed by atoms with Crippen molar-refractivity contribution in [3.63, 3.8) is 0 Å². The molecule has 10 rings (SSSR count). The number of fused-ring (bicyclic) bond motifs is 2. The maximum Gasteiger partial charge on any atom is 0.360 e. The molecule has 0 radical (unpaired) electrons. The number of aliphatic hydroxyl groups is 1. The Hall–Kier alpha value is -2.75. The molecule has 278 valence electrons. The van der Waals surface area contributed by atoms with Gasteiger partial charge in [0.05, 0.1) is 12.2 Å². The van der Waals surface area contributed by atoms with Gasteiger partial charge in [-0.2, -0.15) is 4.21 Å². The lowest BCUT2D eigenvalue weighted by Gasteiger charge is -2.75. The van der Waals surface area contributed by atoms with Gasteiger partial charge in [-0.3, -0.25) is 9.08 Å². The van der Waals surface area contributed by atoms with Crippen LogP contribution in [0.2, 0.25) is 0 Å². The fourth-order valence-electron chi connectivity index (χ4n) is 11.6. The van der Waals surface area contributed by atoms with E-state index in [4.69, 9.17) is 17.8 Å². The molecule has 5 fully saturated rings. The molecule has 8 atom stereocenters. The van der Waals surface area contributed by atoms with Gasteiger partial charge >= 0.3 is 11.4 Å². The van der Waals surface area contributed by atoms with E-state index in [2.05, 4.69) is 80.3 Å². The molecular formula is C44H55NO6S. The summed E-state index contributed by atoms with van der Waals surface area (Å²) in [5.41, 5.74) is 3.88. The van der Waals surface area contributed by atoms with E-state index in [-0.39, 0.29) is 28.3 Å². The molecule has 2 heterocycles. The number of nitrogens with zero attached hydrogens (tertiary/aromatic N) is 1. The van der Waals surface area contributed by atoms with Crippen molar-refractivity contribution < 1.29 is 27.2 Å². The van der Waals surface area contributed by atoms with Crippen LogP contribution in [0.3, 0.4) is 0 Å². The predicted molar refractivity (Wildman–Crippen MR) is 203 cm³/mol. The molecule has 52 heavy (non-hydrogen) atoms. The van der Waals surface area contributed by atoms with Crippen molar-refractivity contribution in [1.29, 1.82) is 0 Å². The first-order valence-electron chi connectivity index (χ1n) is 19.7. The van der Waals surface area contributed by atoms with Gasteiger partial charge in [-0.15, -0.1) is 0 Å². The van der Waals surface area contributed by atoms with Crippen molar-refractivity contribution >= 4 is 11.4 Å². The number of piperidine rings is 1. The molecule has 8 heteroatoms. The van der Waals surface area contributed by atoms with Gasteiger partial charge in [0.2, 0.25) is 0 Å². The average Bonchev–Trinajstić information content (AvgIpc) is 3.88. The van der Waals surface area contributed by atoms with Crippen LogP contribution in [0.25, 0.3) is 11.1 Å². The monoisotopic (exact) mass is 725 g/mol. The van der Waals surface area contributed by atoms with Crippen LogP contribution in [0.15, 0.2) is 66.7 Å². The molecule has 0 aromatic heterocycles. The summed E-state index contributed by atoms with van der Waals surface area (Å²) >= 11 is -1.98. The number of methoxy groups -OCH3 is 1. The number of benzene rings is 3. The van der Waals surface area contributed by atoms with Gasteiger partial charge in [0, 0.05) is 42.0 Å². The summed E-state index contributed by atoms with van der Waals surface area (Å²) < 4.78 is 39.3. The zero-order chi connectivity index (χ0) is 36.1. The average molecular weight is 726 g/mol. The summed E-state index contributed by atoms with van der Waals surface area (Å²) in [6.45, 7) is 11.0. The molecule has 2 spiro atoms. The van der Waals surface area contributed by atoms with E-state index in [9.17, 15) is 9.32 Å². The highest BCUT2D eigenvalue weighted by Gasteiger charge is 2.82. The van der Waals surface area contributed by atoms with Crippen molar-refractivity contribution in [3.05, 3.63) is 83.4 Å². The molecule has 2 aliphatic heterocycles. The fourth-order valence-corrected chi connectivity index (χ4v) is 12.2. The SMILES string of the molecule is COC12CCC3(CC1C(C)(O)C(C)(C)C)C1Cc4ccc(OS(=O)OCCCc5ccc(-c6ccccc6)cc5)c5c4C3(CCN1CC1CC1)C2O5. The molecule has 1 N–H and O–H groups in total. The minimum Gasteiger partial charge on any atom is -0.482 e. The van der Waals surface area contributed by atoms with Gasteiger partial charge in [0.25, 0.3) is 0 Å². The first kappa shape index (κ1) is 35.0. The molecule has 4 bridgehead atoms. The van der Waals surface area contributed by atoms with E-state index in [1.165, 1.54) is 47.2 Å². The number of aryl methyl sites for hydroxylation is 1.